The minimum Gasteiger partial charge on any atom is -0.357 e. The third-order valence-corrected chi connectivity index (χ3v) is 3.11. The first-order chi connectivity index (χ1) is 11.5. The van der Waals surface area contributed by atoms with Gasteiger partial charge in [0.2, 0.25) is 5.91 Å². The zero-order chi connectivity index (χ0) is 17.9. The predicted octanol–water partition coefficient (Wildman–Crippen LogP) is 2.79. The molecule has 134 valence electrons. The summed E-state index contributed by atoms with van der Waals surface area (Å²) in [7, 11) is 0. The Morgan fingerprint density at radius 3 is 2.50 bits per heavy atom. The van der Waals surface area contributed by atoms with Crippen molar-refractivity contribution in [2.75, 3.05) is 25.0 Å². The van der Waals surface area contributed by atoms with Gasteiger partial charge in [0, 0.05) is 13.1 Å². The second kappa shape index (κ2) is 10.5. The van der Waals surface area contributed by atoms with Crippen LogP contribution in [0.25, 0.3) is 0 Å². The molecule has 0 unspecified atom stereocenters. The number of guanidine groups is 1. The Morgan fingerprint density at radius 2 is 1.83 bits per heavy atom. The van der Waals surface area contributed by atoms with Crippen molar-refractivity contribution in [3.63, 3.8) is 0 Å². The van der Waals surface area contributed by atoms with Gasteiger partial charge in [0.05, 0.1) is 5.69 Å². The maximum absolute atomic E-state index is 13.5. The molecule has 0 atom stereocenters. The van der Waals surface area contributed by atoms with Gasteiger partial charge in [-0.15, -0.1) is 0 Å². The lowest BCUT2D eigenvalue weighted by Gasteiger charge is -2.11. The fraction of sp³-hybridized carbons (Fsp3) is 0.500. The van der Waals surface area contributed by atoms with E-state index in [9.17, 15) is 18.0 Å². The molecular formula is C16H23F3N4O. The number of unbranched alkanes of at least 4 members (excludes halogenated alkanes) is 2. The third-order valence-electron chi connectivity index (χ3n) is 3.11. The van der Waals surface area contributed by atoms with Crippen LogP contribution in [0.2, 0.25) is 0 Å². The molecule has 1 amide bonds. The summed E-state index contributed by atoms with van der Waals surface area (Å²) in [6.07, 6.45) is 3.16. The van der Waals surface area contributed by atoms with Crippen molar-refractivity contribution in [2.24, 2.45) is 4.99 Å². The Balaban J connectivity index is 2.59. The summed E-state index contributed by atoms with van der Waals surface area (Å²) in [4.78, 5) is 15.9. The van der Waals surface area contributed by atoms with Crippen LogP contribution in [-0.2, 0) is 4.79 Å². The Hall–Kier alpha value is -2.25. The maximum Gasteiger partial charge on any atom is 0.246 e. The third kappa shape index (κ3) is 6.47. The van der Waals surface area contributed by atoms with Gasteiger partial charge in [-0.1, -0.05) is 19.8 Å². The van der Waals surface area contributed by atoms with Crippen LogP contribution in [0, 0.1) is 17.5 Å². The Labute approximate surface area is 139 Å². The number of carbonyl (C=O) groups is 1. The van der Waals surface area contributed by atoms with Crippen molar-refractivity contribution in [3.8, 4) is 0 Å². The van der Waals surface area contributed by atoms with Gasteiger partial charge in [-0.25, -0.2) is 18.2 Å². The van der Waals surface area contributed by atoms with Gasteiger partial charge in [-0.3, -0.25) is 4.79 Å². The van der Waals surface area contributed by atoms with Gasteiger partial charge >= 0.3 is 0 Å². The van der Waals surface area contributed by atoms with Crippen molar-refractivity contribution >= 4 is 17.6 Å². The van der Waals surface area contributed by atoms with E-state index < -0.39 is 29.0 Å². The molecule has 0 aliphatic carbocycles. The standard InChI is InChI=1S/C16H23F3N4O/c1-3-5-6-9-21-16(20-4-2)22-10-13(24)23-12-8-7-11(17)14(18)15(12)19/h7-8H,3-6,9-10H2,1-2H3,(H,23,24)(H2,20,21,22). The van der Waals surface area contributed by atoms with Gasteiger partial charge in [-0.2, -0.15) is 0 Å². The molecule has 0 fully saturated rings. The molecule has 8 heteroatoms. The zero-order valence-corrected chi connectivity index (χ0v) is 13.9. The van der Waals surface area contributed by atoms with Crippen molar-refractivity contribution in [1.82, 2.24) is 10.6 Å². The number of hydrogen-bond acceptors (Lipinski definition) is 2. The van der Waals surface area contributed by atoms with Crippen LogP contribution >= 0.6 is 0 Å². The van der Waals surface area contributed by atoms with Crippen molar-refractivity contribution in [1.29, 1.82) is 0 Å². The number of hydrogen-bond donors (Lipinski definition) is 3. The SMILES string of the molecule is CCCCCNC(=NCC(=O)Nc1ccc(F)c(F)c1F)NCC. The smallest absolute Gasteiger partial charge is 0.246 e. The van der Waals surface area contributed by atoms with E-state index in [0.29, 0.717) is 12.5 Å². The second-order valence-electron chi connectivity index (χ2n) is 5.10. The first-order valence-electron chi connectivity index (χ1n) is 7.95. The molecule has 0 aliphatic heterocycles. The molecule has 5 nitrogen and oxygen atoms in total. The molecular weight excluding hydrogens is 321 g/mol. The van der Waals surface area contributed by atoms with Crippen LogP contribution in [0.1, 0.15) is 33.1 Å². The summed E-state index contributed by atoms with van der Waals surface area (Å²) in [6, 6.07) is 1.71. The van der Waals surface area contributed by atoms with Gasteiger partial charge < -0.3 is 16.0 Å². The van der Waals surface area contributed by atoms with Gasteiger partial charge in [0.25, 0.3) is 0 Å². The number of aliphatic imine (C=N–C) groups is 1. The topological polar surface area (TPSA) is 65.5 Å². The van der Waals surface area contributed by atoms with Gasteiger partial charge in [0.15, 0.2) is 23.4 Å². The summed E-state index contributed by atoms with van der Waals surface area (Å²) in [5, 5.41) is 8.23. The number of nitrogens with zero attached hydrogens (tertiary/aromatic N) is 1. The lowest BCUT2D eigenvalue weighted by Crippen LogP contribution is -2.38. The summed E-state index contributed by atoms with van der Waals surface area (Å²) in [6.45, 7) is 5.06. The maximum atomic E-state index is 13.5. The van der Waals surface area contributed by atoms with E-state index in [1.54, 1.807) is 0 Å². The Kier molecular flexibility index (Phi) is 8.67. The summed E-state index contributed by atoms with van der Waals surface area (Å²) >= 11 is 0. The van der Waals surface area contributed by atoms with Crippen LogP contribution < -0.4 is 16.0 Å². The van der Waals surface area contributed by atoms with E-state index in [-0.39, 0.29) is 6.54 Å². The van der Waals surface area contributed by atoms with E-state index in [4.69, 9.17) is 0 Å². The number of carbonyl (C=O) groups excluding carboxylic acids is 1. The molecule has 0 saturated carbocycles. The molecule has 0 aromatic heterocycles. The fourth-order valence-corrected chi connectivity index (χ4v) is 1.89. The average Bonchev–Trinajstić information content (AvgIpc) is 2.57. The minimum absolute atomic E-state index is 0.276. The summed E-state index contributed by atoms with van der Waals surface area (Å²) < 4.78 is 39.4. The van der Waals surface area contributed by atoms with Crippen LogP contribution in [0.15, 0.2) is 17.1 Å². The van der Waals surface area contributed by atoms with Crippen LogP contribution in [0.5, 0.6) is 0 Å². The highest BCUT2D eigenvalue weighted by Gasteiger charge is 2.15. The lowest BCUT2D eigenvalue weighted by atomic mass is 10.2. The number of benzene rings is 1. The zero-order valence-electron chi connectivity index (χ0n) is 13.9. The normalized spacial score (nSPS) is 11.3. The minimum atomic E-state index is -1.62. The number of nitrogens with one attached hydrogen (secondary N) is 3. The largest absolute Gasteiger partial charge is 0.357 e. The quantitative estimate of drug-likeness (QED) is 0.294. The molecule has 0 saturated heterocycles. The van der Waals surface area contributed by atoms with Crippen molar-refractivity contribution in [3.05, 3.63) is 29.6 Å². The monoisotopic (exact) mass is 344 g/mol. The summed E-state index contributed by atoms with van der Waals surface area (Å²) in [5.74, 6) is -4.53. The van der Waals surface area contributed by atoms with E-state index >= 15 is 0 Å². The predicted molar refractivity (Wildman–Crippen MR) is 88.5 cm³/mol. The first-order valence-corrected chi connectivity index (χ1v) is 7.95. The van der Waals surface area contributed by atoms with E-state index in [2.05, 4.69) is 27.9 Å². The lowest BCUT2D eigenvalue weighted by molar-refractivity contribution is -0.114. The highest BCUT2D eigenvalue weighted by atomic mass is 19.2. The molecule has 1 rings (SSSR count). The summed E-state index contributed by atoms with van der Waals surface area (Å²) in [5.41, 5.74) is -0.421. The number of halogens is 3. The number of amides is 1. The second-order valence-corrected chi connectivity index (χ2v) is 5.10. The molecule has 0 bridgehead atoms. The molecule has 24 heavy (non-hydrogen) atoms. The molecule has 1 aromatic rings. The number of anilines is 1. The molecule has 1 aromatic carbocycles. The molecule has 0 radical (unpaired) electrons. The molecule has 3 N–H and O–H groups in total. The fourth-order valence-electron chi connectivity index (χ4n) is 1.89. The van der Waals surface area contributed by atoms with E-state index in [0.717, 1.165) is 37.9 Å². The van der Waals surface area contributed by atoms with Crippen molar-refractivity contribution in [2.45, 2.75) is 33.1 Å². The van der Waals surface area contributed by atoms with Crippen LogP contribution in [0.3, 0.4) is 0 Å². The molecule has 0 aliphatic rings. The number of rotatable bonds is 8. The van der Waals surface area contributed by atoms with Gasteiger partial charge in [-0.05, 0) is 25.5 Å². The van der Waals surface area contributed by atoms with Crippen LogP contribution in [-0.4, -0.2) is 31.5 Å². The van der Waals surface area contributed by atoms with Gasteiger partial charge in [0.1, 0.15) is 6.54 Å². The first kappa shape index (κ1) is 19.8. The Morgan fingerprint density at radius 1 is 1.08 bits per heavy atom. The van der Waals surface area contributed by atoms with Crippen molar-refractivity contribution < 1.29 is 18.0 Å². The Bertz CT molecular complexity index is 579. The highest BCUT2D eigenvalue weighted by Crippen LogP contribution is 2.19. The van der Waals surface area contributed by atoms with E-state index in [1.165, 1.54) is 0 Å². The van der Waals surface area contributed by atoms with Crippen LogP contribution in [0.4, 0.5) is 18.9 Å². The molecule has 0 heterocycles. The van der Waals surface area contributed by atoms with E-state index in [1.807, 2.05) is 6.92 Å². The molecule has 0 spiro atoms. The highest BCUT2D eigenvalue weighted by molar-refractivity contribution is 5.94. The average molecular weight is 344 g/mol.